The van der Waals surface area contributed by atoms with E-state index in [1.54, 1.807) is 34.6 Å². The fraction of sp³-hybridized carbons (Fsp3) is 0.571. The van der Waals surface area contributed by atoms with Gasteiger partial charge in [-0.05, 0) is 57.2 Å². The van der Waals surface area contributed by atoms with E-state index in [1.807, 2.05) is 0 Å². The minimum atomic E-state index is -1.31. The van der Waals surface area contributed by atoms with Crippen molar-refractivity contribution >= 4 is 48.2 Å². The normalized spacial score (nSPS) is 12.9. The number of aliphatic imine (C=N–C) groups is 1. The summed E-state index contributed by atoms with van der Waals surface area (Å²) < 4.78 is 5.24. The third kappa shape index (κ3) is 15.3. The largest absolute Gasteiger partial charge is 0.508 e. The SMILES string of the molecule is CC(C)[C@H](NC(=O)[C@H](CCCN=C(N)N)NC(=O)CN(C)C(=O)OC(C)(C)C)C(=O)N[C@@H](Cc1ccc(O)cc1)C(=O)O.Cl. The number of nitrogens with zero attached hydrogens (tertiary/aromatic N) is 2. The maximum Gasteiger partial charge on any atom is 0.410 e. The van der Waals surface area contributed by atoms with Crippen molar-refractivity contribution in [2.45, 2.75) is 77.6 Å². The van der Waals surface area contributed by atoms with E-state index >= 15 is 0 Å². The van der Waals surface area contributed by atoms with Crippen LogP contribution >= 0.6 is 12.4 Å². The second kappa shape index (κ2) is 18.4. The van der Waals surface area contributed by atoms with Gasteiger partial charge in [-0.3, -0.25) is 19.4 Å². The number of amides is 4. The number of hydrogen-bond acceptors (Lipinski definition) is 8. The van der Waals surface area contributed by atoms with E-state index in [-0.39, 0.29) is 43.5 Å². The number of likely N-dealkylation sites (N-methyl/N-ethyl adjacent to an activating group) is 1. The Morgan fingerprint density at radius 3 is 2.07 bits per heavy atom. The van der Waals surface area contributed by atoms with Crippen LogP contribution in [0.1, 0.15) is 53.0 Å². The van der Waals surface area contributed by atoms with E-state index < -0.39 is 66.0 Å². The number of phenolic OH excluding ortho intramolecular Hbond substituents is 1. The molecular weight excluding hydrogens is 598 g/mol. The van der Waals surface area contributed by atoms with Crippen molar-refractivity contribution in [3.05, 3.63) is 29.8 Å². The predicted molar refractivity (Wildman–Crippen MR) is 166 cm³/mol. The van der Waals surface area contributed by atoms with Gasteiger partial charge in [-0.15, -0.1) is 12.4 Å². The first-order chi connectivity index (χ1) is 19.9. The first-order valence-electron chi connectivity index (χ1n) is 13.8. The molecule has 0 saturated heterocycles. The number of halogens is 1. The molecule has 0 aromatic heterocycles. The molecule has 0 radical (unpaired) electrons. The highest BCUT2D eigenvalue weighted by atomic mass is 35.5. The second-order valence-electron chi connectivity index (χ2n) is 11.4. The molecule has 0 saturated carbocycles. The third-order valence-electron chi connectivity index (χ3n) is 5.92. The molecule has 0 spiro atoms. The van der Waals surface area contributed by atoms with Gasteiger partial charge in [0.1, 0.15) is 36.0 Å². The van der Waals surface area contributed by atoms with E-state index in [1.165, 1.54) is 31.3 Å². The molecule has 0 aliphatic rings. The van der Waals surface area contributed by atoms with Crippen LogP contribution in [0, 0.1) is 5.92 Å². The lowest BCUT2D eigenvalue weighted by molar-refractivity contribution is -0.142. The van der Waals surface area contributed by atoms with Crippen LogP contribution in [0.15, 0.2) is 29.3 Å². The van der Waals surface area contributed by atoms with Crippen molar-refractivity contribution in [2.75, 3.05) is 20.1 Å². The molecule has 0 aliphatic heterocycles. The number of aromatic hydroxyl groups is 1. The van der Waals surface area contributed by atoms with Crippen LogP contribution in [-0.4, -0.2) is 94.7 Å². The Morgan fingerprint density at radius 1 is 0.977 bits per heavy atom. The molecule has 248 valence electrons. The first-order valence-corrected chi connectivity index (χ1v) is 13.8. The molecule has 4 amide bonds. The number of carboxylic acids is 1. The Kier molecular flexibility index (Phi) is 16.6. The third-order valence-corrected chi connectivity index (χ3v) is 5.92. The van der Waals surface area contributed by atoms with Gasteiger partial charge < -0.3 is 47.3 Å². The van der Waals surface area contributed by atoms with E-state index in [0.717, 1.165) is 4.90 Å². The van der Waals surface area contributed by atoms with Crippen LogP contribution in [0.4, 0.5) is 4.79 Å². The minimum Gasteiger partial charge on any atom is -0.508 e. The zero-order valence-electron chi connectivity index (χ0n) is 26.0. The molecular formula is C28H46ClN7O8. The second-order valence-corrected chi connectivity index (χ2v) is 11.4. The average molecular weight is 644 g/mol. The van der Waals surface area contributed by atoms with Crippen LogP contribution in [-0.2, 0) is 30.3 Å². The maximum absolute atomic E-state index is 13.3. The summed E-state index contributed by atoms with van der Waals surface area (Å²) in [6, 6.07) is 2.30. The highest BCUT2D eigenvalue weighted by Crippen LogP contribution is 2.13. The van der Waals surface area contributed by atoms with Gasteiger partial charge in [-0.2, -0.15) is 0 Å². The van der Waals surface area contributed by atoms with Gasteiger partial charge >= 0.3 is 12.1 Å². The number of guanidine groups is 1. The Hall–Kier alpha value is -4.27. The lowest BCUT2D eigenvalue weighted by Crippen LogP contribution is -2.58. The summed E-state index contributed by atoms with van der Waals surface area (Å²) in [5.74, 6) is -3.94. The van der Waals surface area contributed by atoms with E-state index in [2.05, 4.69) is 20.9 Å². The average Bonchev–Trinajstić information content (AvgIpc) is 2.88. The molecule has 0 bridgehead atoms. The standard InChI is InChI=1S/C28H45N7O8.ClH/c1-16(2)22(24(39)33-20(25(40)41)14-17-9-11-18(36)12-10-17)34-23(38)19(8-7-13-31-26(29)30)32-21(37)15-35(6)27(42)43-28(3,4)5;/h9-12,16,19-20,22,36H,7-8,13-15H2,1-6H3,(H,32,37)(H,33,39)(H,34,38)(H,40,41)(H4,29,30,31);1H/t19-,20-,22-;/m0./s1. The van der Waals surface area contributed by atoms with E-state index in [9.17, 15) is 34.2 Å². The number of aliphatic carboxylic acids is 1. The molecule has 3 atom stereocenters. The van der Waals surface area contributed by atoms with Crippen LogP contribution in [0.5, 0.6) is 5.75 Å². The van der Waals surface area contributed by atoms with Gasteiger partial charge in [0.25, 0.3) is 0 Å². The minimum absolute atomic E-state index is 0. The number of rotatable bonds is 15. The molecule has 9 N–H and O–H groups in total. The Balaban J connectivity index is 0.0000185. The van der Waals surface area contributed by atoms with Crippen molar-refractivity contribution in [3.63, 3.8) is 0 Å². The summed E-state index contributed by atoms with van der Waals surface area (Å²) >= 11 is 0. The van der Waals surface area contributed by atoms with Gasteiger partial charge in [0, 0.05) is 20.0 Å². The molecule has 0 aliphatic carbocycles. The summed E-state index contributed by atoms with van der Waals surface area (Å²) in [6.07, 6.45) is -0.400. The van der Waals surface area contributed by atoms with Gasteiger partial charge in [0.2, 0.25) is 17.7 Å². The Morgan fingerprint density at radius 2 is 1.57 bits per heavy atom. The molecule has 16 heteroatoms. The van der Waals surface area contributed by atoms with Gasteiger partial charge in [0.15, 0.2) is 5.96 Å². The number of nitrogens with one attached hydrogen (secondary N) is 3. The Bertz CT molecular complexity index is 1150. The molecule has 0 heterocycles. The summed E-state index contributed by atoms with van der Waals surface area (Å²) in [5, 5.41) is 26.8. The zero-order valence-corrected chi connectivity index (χ0v) is 26.8. The smallest absolute Gasteiger partial charge is 0.410 e. The highest BCUT2D eigenvalue weighted by Gasteiger charge is 2.32. The number of carbonyl (C=O) groups is 5. The number of ether oxygens (including phenoxy) is 1. The fourth-order valence-electron chi connectivity index (χ4n) is 3.75. The molecule has 0 unspecified atom stereocenters. The molecule has 15 nitrogen and oxygen atoms in total. The van der Waals surface area contributed by atoms with Gasteiger partial charge in [0.05, 0.1) is 0 Å². The van der Waals surface area contributed by atoms with Crippen molar-refractivity contribution < 1.29 is 38.9 Å². The lowest BCUT2D eigenvalue weighted by Gasteiger charge is -2.27. The van der Waals surface area contributed by atoms with Gasteiger partial charge in [-0.1, -0.05) is 26.0 Å². The Labute approximate surface area is 263 Å². The predicted octanol–water partition coefficient (Wildman–Crippen LogP) is 0.472. The van der Waals surface area contributed by atoms with E-state index in [0.29, 0.717) is 12.0 Å². The number of nitrogens with two attached hydrogens (primary N) is 2. The summed E-state index contributed by atoms with van der Waals surface area (Å²) in [4.78, 5) is 68.4. The zero-order chi connectivity index (χ0) is 32.9. The van der Waals surface area contributed by atoms with Crippen molar-refractivity contribution in [2.24, 2.45) is 22.4 Å². The van der Waals surface area contributed by atoms with Crippen LogP contribution in [0.25, 0.3) is 0 Å². The van der Waals surface area contributed by atoms with Crippen molar-refractivity contribution in [1.82, 2.24) is 20.9 Å². The number of hydrogen-bond donors (Lipinski definition) is 7. The van der Waals surface area contributed by atoms with E-state index in [4.69, 9.17) is 16.2 Å². The molecule has 1 rings (SSSR count). The van der Waals surface area contributed by atoms with Crippen molar-refractivity contribution in [3.8, 4) is 5.75 Å². The monoisotopic (exact) mass is 643 g/mol. The topological polar surface area (TPSA) is 239 Å². The molecule has 1 aromatic carbocycles. The molecule has 44 heavy (non-hydrogen) atoms. The lowest BCUT2D eigenvalue weighted by atomic mass is 10.0. The number of carboxylic acid groups (broad SMARTS) is 1. The van der Waals surface area contributed by atoms with Crippen LogP contribution in [0.2, 0.25) is 0 Å². The fourth-order valence-corrected chi connectivity index (χ4v) is 3.75. The quantitative estimate of drug-likeness (QED) is 0.0792. The number of phenols is 1. The number of carbonyl (C=O) groups excluding carboxylic acids is 4. The molecule has 1 aromatic rings. The first kappa shape index (κ1) is 39.7. The van der Waals surface area contributed by atoms with Crippen LogP contribution < -0.4 is 27.4 Å². The van der Waals surface area contributed by atoms with Crippen molar-refractivity contribution in [1.29, 1.82) is 0 Å². The highest BCUT2D eigenvalue weighted by molar-refractivity contribution is 5.94. The summed E-state index contributed by atoms with van der Waals surface area (Å²) in [6.45, 7) is 8.16. The summed E-state index contributed by atoms with van der Waals surface area (Å²) in [5.41, 5.74) is 10.5. The number of benzene rings is 1. The summed E-state index contributed by atoms with van der Waals surface area (Å²) in [7, 11) is 1.37. The van der Waals surface area contributed by atoms with Gasteiger partial charge in [-0.25, -0.2) is 9.59 Å². The molecule has 0 fully saturated rings. The maximum atomic E-state index is 13.3. The van der Waals surface area contributed by atoms with Crippen LogP contribution in [0.3, 0.4) is 0 Å².